The van der Waals surface area contributed by atoms with Gasteiger partial charge in [0.25, 0.3) is 5.69 Å². The van der Waals surface area contributed by atoms with Gasteiger partial charge in [-0.05, 0) is 24.7 Å². The molecule has 0 radical (unpaired) electrons. The average molecular weight is 304 g/mol. The highest BCUT2D eigenvalue weighted by Gasteiger charge is 2.16. The number of para-hydroxylation sites is 1. The first-order chi connectivity index (χ1) is 10.5. The number of halogens is 1. The number of nitro benzene ring substituents is 1. The van der Waals surface area contributed by atoms with Crippen LogP contribution in [0, 0.1) is 15.9 Å². The van der Waals surface area contributed by atoms with Crippen molar-refractivity contribution >= 4 is 5.69 Å². The molecule has 0 saturated heterocycles. The number of nitro groups is 1. The van der Waals surface area contributed by atoms with Crippen LogP contribution < -0.4 is 0 Å². The van der Waals surface area contributed by atoms with E-state index in [4.69, 9.17) is 0 Å². The van der Waals surface area contributed by atoms with Crippen molar-refractivity contribution in [2.24, 2.45) is 0 Å². The minimum absolute atomic E-state index is 0.0608. The maximum Gasteiger partial charge on any atom is 0.273 e. The molecule has 0 spiro atoms. The minimum Gasteiger partial charge on any atom is -0.387 e. The Kier molecular flexibility index (Phi) is 5.19. The van der Waals surface area contributed by atoms with Gasteiger partial charge in [-0.1, -0.05) is 30.3 Å². The zero-order valence-corrected chi connectivity index (χ0v) is 12.1. The van der Waals surface area contributed by atoms with Gasteiger partial charge in [-0.3, -0.25) is 15.0 Å². The predicted octanol–water partition coefficient (Wildman–Crippen LogP) is 2.90. The summed E-state index contributed by atoms with van der Waals surface area (Å²) < 4.78 is 12.9. The lowest BCUT2D eigenvalue weighted by Crippen LogP contribution is -2.24. The molecule has 2 rings (SSSR count). The monoisotopic (exact) mass is 304 g/mol. The molecule has 22 heavy (non-hydrogen) atoms. The van der Waals surface area contributed by atoms with Crippen LogP contribution in [-0.2, 0) is 6.54 Å². The van der Waals surface area contributed by atoms with E-state index in [1.807, 2.05) is 0 Å². The Hall–Kier alpha value is -2.31. The Labute approximate surface area is 127 Å². The molecular weight excluding hydrogens is 287 g/mol. The highest BCUT2D eigenvalue weighted by Crippen LogP contribution is 2.20. The Morgan fingerprint density at radius 3 is 2.50 bits per heavy atom. The summed E-state index contributed by atoms with van der Waals surface area (Å²) in [6.07, 6.45) is -0.784. The van der Waals surface area contributed by atoms with E-state index >= 15 is 0 Å². The van der Waals surface area contributed by atoms with Crippen LogP contribution in [0.15, 0.2) is 48.5 Å². The Bertz CT molecular complexity index is 646. The van der Waals surface area contributed by atoms with E-state index in [-0.39, 0.29) is 18.0 Å². The second-order valence-electron chi connectivity index (χ2n) is 5.15. The Balaban J connectivity index is 2.02. The van der Waals surface area contributed by atoms with Crippen LogP contribution in [0.25, 0.3) is 0 Å². The van der Waals surface area contributed by atoms with Gasteiger partial charge in [-0.25, -0.2) is 4.39 Å². The van der Waals surface area contributed by atoms with Crippen molar-refractivity contribution in [1.82, 2.24) is 4.90 Å². The van der Waals surface area contributed by atoms with Crippen molar-refractivity contribution in [2.45, 2.75) is 12.6 Å². The van der Waals surface area contributed by atoms with Gasteiger partial charge in [0.2, 0.25) is 0 Å². The fourth-order valence-corrected chi connectivity index (χ4v) is 2.26. The first-order valence-corrected chi connectivity index (χ1v) is 6.81. The molecule has 0 aliphatic rings. The van der Waals surface area contributed by atoms with Crippen molar-refractivity contribution in [3.63, 3.8) is 0 Å². The van der Waals surface area contributed by atoms with Gasteiger partial charge in [0.15, 0.2) is 0 Å². The third kappa shape index (κ3) is 4.09. The molecule has 5 nitrogen and oxygen atoms in total. The van der Waals surface area contributed by atoms with Crippen molar-refractivity contribution in [1.29, 1.82) is 0 Å². The molecule has 0 saturated carbocycles. The lowest BCUT2D eigenvalue weighted by atomic mass is 10.1. The number of hydrogen-bond donors (Lipinski definition) is 1. The third-order valence-corrected chi connectivity index (χ3v) is 3.37. The molecule has 0 bridgehead atoms. The molecule has 1 unspecified atom stereocenters. The number of likely N-dealkylation sites (N-methyl/N-ethyl adjacent to an activating group) is 1. The first kappa shape index (κ1) is 16.1. The minimum atomic E-state index is -0.784. The van der Waals surface area contributed by atoms with Gasteiger partial charge in [0, 0.05) is 24.7 Å². The molecule has 1 N–H and O–H groups in total. The van der Waals surface area contributed by atoms with Crippen molar-refractivity contribution in [3.05, 3.63) is 75.6 Å². The van der Waals surface area contributed by atoms with Gasteiger partial charge in [0.1, 0.15) is 5.82 Å². The van der Waals surface area contributed by atoms with E-state index < -0.39 is 11.0 Å². The molecule has 0 heterocycles. The number of nitrogens with zero attached hydrogens (tertiary/aromatic N) is 2. The number of hydrogen-bond acceptors (Lipinski definition) is 4. The summed E-state index contributed by atoms with van der Waals surface area (Å²) in [7, 11) is 1.77. The van der Waals surface area contributed by atoms with E-state index in [0.717, 1.165) is 0 Å². The normalized spacial score (nSPS) is 12.4. The molecule has 2 aromatic carbocycles. The van der Waals surface area contributed by atoms with Crippen molar-refractivity contribution < 1.29 is 14.4 Å². The predicted molar refractivity (Wildman–Crippen MR) is 80.8 cm³/mol. The SMILES string of the molecule is CN(Cc1ccccc1[N+](=O)[O-])CC(O)c1ccc(F)cc1. The smallest absolute Gasteiger partial charge is 0.273 e. The number of rotatable bonds is 6. The van der Waals surface area contributed by atoms with E-state index in [2.05, 4.69) is 0 Å². The van der Waals surface area contributed by atoms with E-state index in [1.165, 1.54) is 30.3 Å². The summed E-state index contributed by atoms with van der Waals surface area (Å²) in [6, 6.07) is 12.2. The van der Waals surface area contributed by atoms with E-state index in [9.17, 15) is 19.6 Å². The lowest BCUT2D eigenvalue weighted by molar-refractivity contribution is -0.385. The fourth-order valence-electron chi connectivity index (χ4n) is 2.26. The fraction of sp³-hybridized carbons (Fsp3) is 0.250. The van der Waals surface area contributed by atoms with Crippen LogP contribution in [0.1, 0.15) is 17.2 Å². The zero-order valence-electron chi connectivity index (χ0n) is 12.1. The van der Waals surface area contributed by atoms with Gasteiger partial charge >= 0.3 is 0 Å². The van der Waals surface area contributed by atoms with E-state index in [1.54, 1.807) is 30.1 Å². The standard InChI is InChI=1S/C16H17FN2O3/c1-18(10-13-4-2-3-5-15(13)19(21)22)11-16(20)12-6-8-14(17)9-7-12/h2-9,16,20H,10-11H2,1H3. The van der Waals surface area contributed by atoms with Crippen LogP contribution in [0.2, 0.25) is 0 Å². The Morgan fingerprint density at radius 2 is 1.86 bits per heavy atom. The second kappa shape index (κ2) is 7.11. The molecule has 6 heteroatoms. The first-order valence-electron chi connectivity index (χ1n) is 6.81. The third-order valence-electron chi connectivity index (χ3n) is 3.37. The molecule has 0 aliphatic carbocycles. The van der Waals surface area contributed by atoms with Crippen molar-refractivity contribution in [2.75, 3.05) is 13.6 Å². The van der Waals surface area contributed by atoms with Gasteiger partial charge in [0.05, 0.1) is 11.0 Å². The molecule has 1 atom stereocenters. The van der Waals surface area contributed by atoms with Gasteiger partial charge in [-0.15, -0.1) is 0 Å². The van der Waals surface area contributed by atoms with Crippen LogP contribution >= 0.6 is 0 Å². The Morgan fingerprint density at radius 1 is 1.23 bits per heavy atom. The van der Waals surface area contributed by atoms with E-state index in [0.29, 0.717) is 17.7 Å². The lowest BCUT2D eigenvalue weighted by Gasteiger charge is -2.20. The van der Waals surface area contributed by atoms with Crippen molar-refractivity contribution in [3.8, 4) is 0 Å². The summed E-state index contributed by atoms with van der Waals surface area (Å²) in [5, 5.41) is 21.1. The molecule has 0 amide bonds. The van der Waals surface area contributed by atoms with Gasteiger partial charge in [-0.2, -0.15) is 0 Å². The molecule has 2 aromatic rings. The number of benzene rings is 2. The topological polar surface area (TPSA) is 66.6 Å². The summed E-state index contributed by atoms with van der Waals surface area (Å²) in [4.78, 5) is 12.4. The zero-order chi connectivity index (χ0) is 16.1. The number of aliphatic hydroxyl groups excluding tert-OH is 1. The second-order valence-corrected chi connectivity index (χ2v) is 5.15. The van der Waals surface area contributed by atoms with Crippen LogP contribution in [0.3, 0.4) is 0 Å². The highest BCUT2D eigenvalue weighted by molar-refractivity contribution is 5.39. The number of aliphatic hydroxyl groups is 1. The molecule has 116 valence electrons. The largest absolute Gasteiger partial charge is 0.387 e. The van der Waals surface area contributed by atoms with Crippen LogP contribution in [0.5, 0.6) is 0 Å². The average Bonchev–Trinajstić information content (AvgIpc) is 2.48. The van der Waals surface area contributed by atoms with Crippen LogP contribution in [0.4, 0.5) is 10.1 Å². The summed E-state index contributed by atoms with van der Waals surface area (Å²) in [6.45, 7) is 0.632. The van der Waals surface area contributed by atoms with Gasteiger partial charge < -0.3 is 5.11 Å². The maximum atomic E-state index is 12.9. The quantitative estimate of drug-likeness (QED) is 0.658. The van der Waals surface area contributed by atoms with Crippen LogP contribution in [-0.4, -0.2) is 28.5 Å². The maximum absolute atomic E-state index is 12.9. The molecule has 0 aromatic heterocycles. The molecule has 0 aliphatic heterocycles. The summed E-state index contributed by atoms with van der Waals surface area (Å²) in [5.74, 6) is -0.357. The highest BCUT2D eigenvalue weighted by atomic mass is 19.1. The molecular formula is C16H17FN2O3. The summed E-state index contributed by atoms with van der Waals surface area (Å²) in [5.41, 5.74) is 1.25. The molecule has 0 fully saturated rings. The summed E-state index contributed by atoms with van der Waals surface area (Å²) >= 11 is 0.